The number of piperidine rings is 1. The van der Waals surface area contributed by atoms with E-state index in [1.165, 1.54) is 25.3 Å². The molecule has 4 nitrogen and oxygen atoms in total. The van der Waals surface area contributed by atoms with E-state index in [0.717, 1.165) is 68.2 Å². The zero-order valence-corrected chi connectivity index (χ0v) is 15.7. The minimum atomic E-state index is -4.42. The highest BCUT2D eigenvalue weighted by Crippen LogP contribution is 2.36. The highest BCUT2D eigenvalue weighted by molar-refractivity contribution is 6.32. The van der Waals surface area contributed by atoms with Crippen molar-refractivity contribution < 1.29 is 13.2 Å². The summed E-state index contributed by atoms with van der Waals surface area (Å²) in [6.45, 7) is 3.92. The van der Waals surface area contributed by atoms with Gasteiger partial charge in [0.05, 0.1) is 22.0 Å². The molecule has 1 N–H and O–H groups in total. The Morgan fingerprint density at radius 1 is 1.15 bits per heavy atom. The Hall–Kier alpha value is -1.73. The number of rotatable bonds is 4. The Labute approximate surface area is 161 Å². The number of aromatic nitrogens is 2. The van der Waals surface area contributed by atoms with Crippen molar-refractivity contribution in [1.82, 2.24) is 14.7 Å². The number of hydrogen-bond donors (Lipinski definition) is 1. The maximum Gasteiger partial charge on any atom is 0.416 e. The van der Waals surface area contributed by atoms with Crippen LogP contribution in [0.5, 0.6) is 0 Å². The maximum absolute atomic E-state index is 13.1. The van der Waals surface area contributed by atoms with Gasteiger partial charge in [0.1, 0.15) is 5.82 Å². The van der Waals surface area contributed by atoms with Crippen molar-refractivity contribution in [2.24, 2.45) is 0 Å². The number of anilines is 1. The lowest BCUT2D eigenvalue weighted by atomic mass is 10.1. The third-order valence-electron chi connectivity index (χ3n) is 5.35. The van der Waals surface area contributed by atoms with Crippen LogP contribution in [0.15, 0.2) is 18.2 Å². The van der Waals surface area contributed by atoms with E-state index in [-0.39, 0.29) is 10.7 Å². The van der Waals surface area contributed by atoms with Crippen LogP contribution in [0.3, 0.4) is 0 Å². The van der Waals surface area contributed by atoms with E-state index < -0.39 is 11.7 Å². The number of nitrogens with zero attached hydrogens (tertiary/aromatic N) is 3. The Morgan fingerprint density at radius 3 is 2.67 bits per heavy atom. The topological polar surface area (TPSA) is 33.1 Å². The summed E-state index contributed by atoms with van der Waals surface area (Å²) in [6, 6.07) is 3.36. The molecule has 8 heteroatoms. The molecule has 1 aromatic heterocycles. The molecule has 1 saturated heterocycles. The van der Waals surface area contributed by atoms with Crippen LogP contribution in [0.1, 0.15) is 36.1 Å². The molecule has 1 aromatic carbocycles. The van der Waals surface area contributed by atoms with E-state index in [1.54, 1.807) is 4.68 Å². The molecule has 27 heavy (non-hydrogen) atoms. The number of halogens is 4. The van der Waals surface area contributed by atoms with E-state index >= 15 is 0 Å². The molecule has 2 aliphatic rings. The lowest BCUT2D eigenvalue weighted by Gasteiger charge is -2.26. The standard InChI is InChI=1S/C19H22ClF3N4/c20-15-5-4-13(19(21,22)23)12-17(15)27-18-14(6-8-24-18)16(25-27)7-11-26-9-2-1-3-10-26/h4-5,12,24H,1-3,6-11H2. The Morgan fingerprint density at radius 2 is 1.93 bits per heavy atom. The van der Waals surface area contributed by atoms with Crippen molar-refractivity contribution in [2.45, 2.75) is 38.3 Å². The zero-order chi connectivity index (χ0) is 19.0. The number of nitrogens with one attached hydrogen (secondary N) is 1. The van der Waals surface area contributed by atoms with Gasteiger partial charge < -0.3 is 10.2 Å². The van der Waals surface area contributed by atoms with Gasteiger partial charge in [0, 0.05) is 25.1 Å². The van der Waals surface area contributed by atoms with E-state index in [0.29, 0.717) is 0 Å². The molecular formula is C19H22ClF3N4. The third kappa shape index (κ3) is 3.80. The monoisotopic (exact) mass is 398 g/mol. The molecule has 146 valence electrons. The van der Waals surface area contributed by atoms with Gasteiger partial charge in [-0.3, -0.25) is 0 Å². The lowest BCUT2D eigenvalue weighted by Crippen LogP contribution is -2.31. The second-order valence-electron chi connectivity index (χ2n) is 7.18. The third-order valence-corrected chi connectivity index (χ3v) is 5.67. The SMILES string of the molecule is FC(F)(F)c1ccc(Cl)c(-n2nc(CCN3CCCCC3)c3c2NCC3)c1. The molecule has 0 aliphatic carbocycles. The van der Waals surface area contributed by atoms with Crippen LogP contribution in [-0.4, -0.2) is 40.9 Å². The fourth-order valence-corrected chi connectivity index (χ4v) is 4.12. The normalized spacial score (nSPS) is 17.8. The van der Waals surface area contributed by atoms with Gasteiger partial charge in [-0.2, -0.15) is 18.3 Å². The predicted molar refractivity (Wildman–Crippen MR) is 99.8 cm³/mol. The van der Waals surface area contributed by atoms with Crippen LogP contribution in [0, 0.1) is 0 Å². The van der Waals surface area contributed by atoms with E-state index in [2.05, 4.69) is 15.3 Å². The maximum atomic E-state index is 13.1. The Kier molecular flexibility index (Phi) is 5.07. The minimum absolute atomic E-state index is 0.254. The number of likely N-dealkylation sites (tertiary alicyclic amines) is 1. The summed E-state index contributed by atoms with van der Waals surface area (Å²) in [5.41, 5.74) is 1.59. The molecule has 3 heterocycles. The van der Waals surface area contributed by atoms with Gasteiger partial charge in [0.15, 0.2) is 0 Å². The van der Waals surface area contributed by atoms with Crippen LogP contribution < -0.4 is 5.32 Å². The Bertz CT molecular complexity index is 825. The molecule has 0 unspecified atom stereocenters. The highest BCUT2D eigenvalue weighted by Gasteiger charge is 2.32. The molecule has 0 bridgehead atoms. The quantitative estimate of drug-likeness (QED) is 0.820. The molecule has 0 atom stereocenters. The molecule has 0 amide bonds. The first-order valence-corrected chi connectivity index (χ1v) is 9.75. The molecule has 0 spiro atoms. The van der Waals surface area contributed by atoms with Gasteiger partial charge in [0.2, 0.25) is 0 Å². The van der Waals surface area contributed by atoms with Gasteiger partial charge in [-0.05, 0) is 50.6 Å². The smallest absolute Gasteiger partial charge is 0.369 e. The molecule has 0 saturated carbocycles. The van der Waals surface area contributed by atoms with Crippen LogP contribution >= 0.6 is 11.6 Å². The lowest BCUT2D eigenvalue weighted by molar-refractivity contribution is -0.137. The van der Waals surface area contributed by atoms with Crippen LogP contribution in [-0.2, 0) is 19.0 Å². The number of hydrogen-bond acceptors (Lipinski definition) is 3. The summed E-state index contributed by atoms with van der Waals surface area (Å²) in [7, 11) is 0. The largest absolute Gasteiger partial charge is 0.416 e. The second kappa shape index (κ2) is 7.36. The number of fused-ring (bicyclic) bond motifs is 1. The second-order valence-corrected chi connectivity index (χ2v) is 7.59. The molecule has 4 rings (SSSR count). The van der Waals surface area contributed by atoms with Crippen molar-refractivity contribution in [3.8, 4) is 5.69 Å². The Balaban J connectivity index is 1.64. The van der Waals surface area contributed by atoms with Gasteiger partial charge in [-0.25, -0.2) is 4.68 Å². The molecular weight excluding hydrogens is 377 g/mol. The van der Waals surface area contributed by atoms with Crippen molar-refractivity contribution in [1.29, 1.82) is 0 Å². The first-order valence-electron chi connectivity index (χ1n) is 9.37. The van der Waals surface area contributed by atoms with Crippen molar-refractivity contribution in [2.75, 3.05) is 31.5 Å². The van der Waals surface area contributed by atoms with Gasteiger partial charge in [-0.1, -0.05) is 18.0 Å². The van der Waals surface area contributed by atoms with Crippen molar-refractivity contribution in [3.05, 3.63) is 40.0 Å². The van der Waals surface area contributed by atoms with Gasteiger partial charge in [-0.15, -0.1) is 0 Å². The zero-order valence-electron chi connectivity index (χ0n) is 14.9. The average Bonchev–Trinajstić information content (AvgIpc) is 3.23. The molecule has 1 fully saturated rings. The summed E-state index contributed by atoms with van der Waals surface area (Å²) in [5.74, 6) is 0.768. The highest BCUT2D eigenvalue weighted by atomic mass is 35.5. The van der Waals surface area contributed by atoms with Crippen molar-refractivity contribution in [3.63, 3.8) is 0 Å². The molecule has 2 aliphatic heterocycles. The molecule has 0 radical (unpaired) electrons. The average molecular weight is 399 g/mol. The van der Waals surface area contributed by atoms with Crippen molar-refractivity contribution >= 4 is 17.4 Å². The fraction of sp³-hybridized carbons (Fsp3) is 0.526. The van der Waals surface area contributed by atoms with Crippen LogP contribution in [0.4, 0.5) is 19.0 Å². The predicted octanol–water partition coefficient (Wildman–Crippen LogP) is 4.54. The first-order chi connectivity index (χ1) is 12.9. The van der Waals surface area contributed by atoms with E-state index in [9.17, 15) is 13.2 Å². The summed E-state index contributed by atoms with van der Waals surface area (Å²) in [5, 5.41) is 8.16. The van der Waals surface area contributed by atoms with Crippen LogP contribution in [0.25, 0.3) is 5.69 Å². The first kappa shape index (κ1) is 18.6. The summed E-state index contributed by atoms with van der Waals surface area (Å²) < 4.78 is 40.9. The number of alkyl halides is 3. The summed E-state index contributed by atoms with van der Waals surface area (Å²) in [4.78, 5) is 2.44. The van der Waals surface area contributed by atoms with Gasteiger partial charge in [0.25, 0.3) is 0 Å². The minimum Gasteiger partial charge on any atom is -0.369 e. The summed E-state index contributed by atoms with van der Waals surface area (Å²) in [6.07, 6.45) is 0.968. The van der Waals surface area contributed by atoms with E-state index in [1.807, 2.05) is 0 Å². The molecule has 2 aromatic rings. The van der Waals surface area contributed by atoms with Gasteiger partial charge >= 0.3 is 6.18 Å². The van der Waals surface area contributed by atoms with Crippen LogP contribution in [0.2, 0.25) is 5.02 Å². The fourth-order valence-electron chi connectivity index (χ4n) is 3.92. The van der Waals surface area contributed by atoms with E-state index in [4.69, 9.17) is 11.6 Å². The summed E-state index contributed by atoms with van der Waals surface area (Å²) >= 11 is 6.23. The number of benzene rings is 1.